The first kappa shape index (κ1) is 44.2. The summed E-state index contributed by atoms with van der Waals surface area (Å²) < 4.78 is 1.98. The highest BCUT2D eigenvalue weighted by Crippen LogP contribution is 2.19. The number of carbonyl (C=O) groups is 1. The highest BCUT2D eigenvalue weighted by molar-refractivity contribution is 5.97. The summed E-state index contributed by atoms with van der Waals surface area (Å²) in [5, 5.41) is 3.09. The fraction of sp³-hybridized carbons (Fsp3) is 0.513. The third kappa shape index (κ3) is 19.5. The van der Waals surface area contributed by atoms with Crippen LogP contribution in [0.3, 0.4) is 0 Å². The summed E-state index contributed by atoms with van der Waals surface area (Å²) in [7, 11) is 4.17. The first-order valence-corrected chi connectivity index (χ1v) is 16.7. The Morgan fingerprint density at radius 3 is 2.41 bits per heavy atom. The molecule has 0 fully saturated rings. The molecule has 0 saturated heterocycles. The third-order valence-electron chi connectivity index (χ3n) is 6.26. The van der Waals surface area contributed by atoms with Crippen LogP contribution in [-0.2, 0) is 11.3 Å². The SMILES string of the molecule is C/C=C\N(/C(CN(C)C)=C(\C)CC)C(C)/C=C(\C)NC(=O)C(/C=C\CC)=C/CC#CCn1ccncc1=NCCC.C=CC.CC. The summed E-state index contributed by atoms with van der Waals surface area (Å²) in [5.41, 5.74) is 4.87. The third-order valence-corrected chi connectivity index (χ3v) is 6.26. The quantitative estimate of drug-likeness (QED) is 0.0917. The minimum atomic E-state index is -0.131. The first-order valence-electron chi connectivity index (χ1n) is 16.7. The zero-order valence-corrected chi connectivity index (χ0v) is 31.2. The van der Waals surface area contributed by atoms with E-state index < -0.39 is 0 Å². The number of nitrogens with one attached hydrogen (secondary N) is 1. The summed E-state index contributed by atoms with van der Waals surface area (Å²) in [5.74, 6) is 6.24. The maximum atomic E-state index is 13.2. The number of hydrogen-bond acceptors (Lipinski definition) is 5. The summed E-state index contributed by atoms with van der Waals surface area (Å²) in [6.07, 6.45) is 22.5. The molecule has 1 rings (SSSR count). The van der Waals surface area contributed by atoms with E-state index in [4.69, 9.17) is 0 Å². The fourth-order valence-electron chi connectivity index (χ4n) is 4.03. The highest BCUT2D eigenvalue weighted by atomic mass is 16.1. The van der Waals surface area contributed by atoms with Gasteiger partial charge in [-0.05, 0) is 74.1 Å². The predicted molar refractivity (Wildman–Crippen MR) is 200 cm³/mol. The first-order chi connectivity index (χ1) is 22.1. The van der Waals surface area contributed by atoms with E-state index in [2.05, 4.69) is 111 Å². The van der Waals surface area contributed by atoms with E-state index in [0.717, 1.165) is 43.5 Å². The molecule has 0 radical (unpaired) electrons. The van der Waals surface area contributed by atoms with Crippen LogP contribution in [0, 0.1) is 11.8 Å². The number of aromatic nitrogens is 2. The lowest BCUT2D eigenvalue weighted by Gasteiger charge is -2.32. The molecule has 7 nitrogen and oxygen atoms in total. The van der Waals surface area contributed by atoms with Gasteiger partial charge >= 0.3 is 0 Å². The van der Waals surface area contributed by atoms with Gasteiger partial charge in [-0.2, -0.15) is 0 Å². The van der Waals surface area contributed by atoms with E-state index in [1.54, 1.807) is 18.5 Å². The van der Waals surface area contributed by atoms with Crippen LogP contribution in [0.1, 0.15) is 94.9 Å². The summed E-state index contributed by atoms with van der Waals surface area (Å²) >= 11 is 0. The molecule has 0 spiro atoms. The molecule has 0 aliphatic heterocycles. The molecule has 0 aliphatic rings. The largest absolute Gasteiger partial charge is 0.344 e. The zero-order chi connectivity index (χ0) is 35.3. The minimum absolute atomic E-state index is 0.0621. The molecular formula is C39H64N6O. The van der Waals surface area contributed by atoms with Crippen molar-refractivity contribution in [2.75, 3.05) is 27.2 Å². The molecular weight excluding hydrogens is 568 g/mol. The molecule has 46 heavy (non-hydrogen) atoms. The molecule has 256 valence electrons. The van der Waals surface area contributed by atoms with E-state index in [-0.39, 0.29) is 11.9 Å². The lowest BCUT2D eigenvalue weighted by molar-refractivity contribution is -0.116. The summed E-state index contributed by atoms with van der Waals surface area (Å²) in [4.78, 5) is 26.4. The van der Waals surface area contributed by atoms with Crippen LogP contribution in [0.5, 0.6) is 0 Å². The lowest BCUT2D eigenvalue weighted by atomic mass is 10.1. The molecule has 0 aliphatic carbocycles. The molecule has 0 aromatic carbocycles. The van der Waals surface area contributed by atoms with Crippen LogP contribution in [-0.4, -0.2) is 58.5 Å². The Bertz CT molecular complexity index is 1280. The average molecular weight is 633 g/mol. The van der Waals surface area contributed by atoms with Gasteiger partial charge in [-0.25, -0.2) is 0 Å². The summed E-state index contributed by atoms with van der Waals surface area (Å²) in [6, 6.07) is 0.0621. The van der Waals surface area contributed by atoms with Crippen LogP contribution in [0.15, 0.2) is 95.4 Å². The Kier molecular flexibility index (Phi) is 27.5. The van der Waals surface area contributed by atoms with Crippen molar-refractivity contribution in [1.82, 2.24) is 24.7 Å². The normalized spacial score (nSPS) is 13.2. The fourth-order valence-corrected chi connectivity index (χ4v) is 4.03. The van der Waals surface area contributed by atoms with Gasteiger partial charge in [0.05, 0.1) is 18.8 Å². The Hall–Kier alpha value is -3.89. The van der Waals surface area contributed by atoms with E-state index in [9.17, 15) is 4.79 Å². The summed E-state index contributed by atoms with van der Waals surface area (Å²) in [6.45, 7) is 26.0. The molecule has 1 heterocycles. The van der Waals surface area contributed by atoms with Gasteiger partial charge in [-0.15, -0.1) is 6.58 Å². The maximum absolute atomic E-state index is 13.2. The van der Waals surface area contributed by atoms with E-state index in [1.165, 1.54) is 11.3 Å². The van der Waals surface area contributed by atoms with Crippen LogP contribution in [0.2, 0.25) is 0 Å². The Balaban J connectivity index is 0. The van der Waals surface area contributed by atoms with Crippen molar-refractivity contribution in [3.63, 3.8) is 0 Å². The predicted octanol–water partition coefficient (Wildman–Crippen LogP) is 8.19. The second kappa shape index (κ2) is 28.6. The molecule has 1 aromatic heterocycles. The van der Waals surface area contributed by atoms with E-state index >= 15 is 0 Å². The van der Waals surface area contributed by atoms with Crippen molar-refractivity contribution in [1.29, 1.82) is 0 Å². The number of hydrogen-bond donors (Lipinski definition) is 1. The maximum Gasteiger partial charge on any atom is 0.255 e. The average Bonchev–Trinajstić information content (AvgIpc) is 3.04. The topological polar surface area (TPSA) is 65.8 Å². The number of allylic oxidation sites excluding steroid dienone is 6. The minimum Gasteiger partial charge on any atom is -0.344 e. The monoisotopic (exact) mass is 633 g/mol. The van der Waals surface area contributed by atoms with Gasteiger partial charge in [0.2, 0.25) is 0 Å². The van der Waals surface area contributed by atoms with Gasteiger partial charge in [0.1, 0.15) is 5.49 Å². The molecule has 7 heteroatoms. The van der Waals surface area contributed by atoms with Gasteiger partial charge in [0.15, 0.2) is 0 Å². The number of amides is 1. The molecule has 1 atom stereocenters. The standard InChI is InChI=1S/C34H52N6O.C3H6.C2H6/c1-10-14-18-31(19-16-15-17-23-39-24-21-35-26-33(39)36-20-11-2)34(41)37-29(6)25-30(7)40(22-12-3)32(27-38(8)9)28(5)13-4;1-3-2;1-2/h12,14,18-19,21-22,24-26,30H,10-11,13,16,20,23,27H2,1-9H3,(H,37,41);3H,1H2,2H3;1-2H3/b18-14-,22-12-,29-25+,31-19+,32-28+,36-33?;;. The smallest absolute Gasteiger partial charge is 0.255 e. The molecule has 1 aromatic rings. The van der Waals surface area contributed by atoms with Crippen LogP contribution < -0.4 is 10.8 Å². The number of nitrogens with zero attached hydrogens (tertiary/aromatic N) is 5. The molecule has 0 bridgehead atoms. The zero-order valence-electron chi connectivity index (χ0n) is 31.2. The number of likely N-dealkylation sites (N-methyl/N-ethyl adjacent to an activating group) is 1. The lowest BCUT2D eigenvalue weighted by Crippen LogP contribution is -2.33. The molecule has 1 N–H and O–H groups in total. The van der Waals surface area contributed by atoms with Gasteiger partial charge in [-0.3, -0.25) is 14.8 Å². The van der Waals surface area contributed by atoms with Crippen molar-refractivity contribution >= 4 is 5.91 Å². The van der Waals surface area contributed by atoms with Crippen molar-refractivity contribution in [2.45, 2.75) is 108 Å². The highest BCUT2D eigenvalue weighted by Gasteiger charge is 2.16. The number of rotatable bonds is 15. The van der Waals surface area contributed by atoms with Gasteiger partial charge in [0.25, 0.3) is 5.91 Å². The van der Waals surface area contributed by atoms with Gasteiger partial charge < -0.3 is 19.7 Å². The molecule has 0 saturated carbocycles. The van der Waals surface area contributed by atoms with Crippen molar-refractivity contribution in [2.24, 2.45) is 4.99 Å². The van der Waals surface area contributed by atoms with Crippen LogP contribution in [0.25, 0.3) is 0 Å². The van der Waals surface area contributed by atoms with Crippen LogP contribution in [0.4, 0.5) is 0 Å². The van der Waals surface area contributed by atoms with Crippen molar-refractivity contribution in [3.8, 4) is 11.8 Å². The number of carbonyl (C=O) groups excluding carboxylic acids is 1. The Morgan fingerprint density at radius 2 is 1.85 bits per heavy atom. The Morgan fingerprint density at radius 1 is 1.17 bits per heavy atom. The molecule has 1 unspecified atom stereocenters. The second-order valence-electron chi connectivity index (χ2n) is 10.6. The second-order valence-corrected chi connectivity index (χ2v) is 10.6. The van der Waals surface area contributed by atoms with Gasteiger partial charge in [-0.1, -0.05) is 82.4 Å². The van der Waals surface area contributed by atoms with Crippen LogP contribution >= 0.6 is 0 Å². The van der Waals surface area contributed by atoms with Crippen molar-refractivity contribution in [3.05, 3.63) is 95.9 Å². The van der Waals surface area contributed by atoms with E-state index in [1.807, 2.05) is 63.6 Å². The van der Waals surface area contributed by atoms with E-state index in [0.29, 0.717) is 18.5 Å². The van der Waals surface area contributed by atoms with Gasteiger partial charge in [0, 0.05) is 55.1 Å². The molecule has 1 amide bonds. The Labute approximate surface area is 282 Å². The van der Waals surface area contributed by atoms with Crippen molar-refractivity contribution < 1.29 is 4.79 Å².